The fourth-order valence-corrected chi connectivity index (χ4v) is 1.16. The van der Waals surface area contributed by atoms with Crippen LogP contribution in [0.15, 0.2) is 11.2 Å². The maximum absolute atomic E-state index is 10.7. The van der Waals surface area contributed by atoms with E-state index in [1.54, 1.807) is 17.7 Å². The molecule has 1 rings (SSSR count). The summed E-state index contributed by atoms with van der Waals surface area (Å²) < 4.78 is 6.10. The molecule has 0 bridgehead atoms. The molecule has 16 heavy (non-hydrogen) atoms. The highest BCUT2D eigenvalue weighted by Gasteiger charge is 2.06. The highest BCUT2D eigenvalue weighted by molar-refractivity contribution is 5.83. The number of methoxy groups -OCH3 is 1. The Kier molecular flexibility index (Phi) is 3.67. The van der Waals surface area contributed by atoms with E-state index in [9.17, 15) is 4.79 Å². The molecule has 1 aromatic heterocycles. The van der Waals surface area contributed by atoms with Crippen LogP contribution in [0.4, 0.5) is 4.79 Å². The van der Waals surface area contributed by atoms with Crippen molar-refractivity contribution in [2.75, 3.05) is 7.11 Å². The van der Waals surface area contributed by atoms with E-state index < -0.39 is 6.09 Å². The molecule has 0 aliphatic rings. The zero-order chi connectivity index (χ0) is 12.1. The molecule has 0 spiro atoms. The van der Waals surface area contributed by atoms with E-state index in [2.05, 4.69) is 21.3 Å². The number of nitrogens with one attached hydrogen (secondary N) is 1. The van der Waals surface area contributed by atoms with Gasteiger partial charge in [0.05, 0.1) is 13.3 Å². The van der Waals surface area contributed by atoms with Crippen LogP contribution in [-0.4, -0.2) is 24.0 Å². The Morgan fingerprint density at radius 3 is 2.94 bits per heavy atom. The van der Waals surface area contributed by atoms with E-state index in [0.29, 0.717) is 5.69 Å². The first-order valence-corrected chi connectivity index (χ1v) is 4.53. The topological polar surface area (TPSA) is 79.4 Å². The molecule has 0 radical (unpaired) electrons. The number of hydrazone groups is 1. The first-order valence-electron chi connectivity index (χ1n) is 4.53. The summed E-state index contributed by atoms with van der Waals surface area (Å²) in [5, 5.41) is 12.5. The quantitative estimate of drug-likeness (QED) is 0.594. The van der Waals surface area contributed by atoms with Crippen molar-refractivity contribution in [1.29, 1.82) is 5.26 Å². The summed E-state index contributed by atoms with van der Waals surface area (Å²) in [5.41, 5.74) is 4.38. The normalized spacial score (nSPS) is 10.1. The van der Waals surface area contributed by atoms with Crippen molar-refractivity contribution >= 4 is 12.3 Å². The number of hydrogen-bond donors (Lipinski definition) is 1. The molecule has 0 fully saturated rings. The molecule has 0 aliphatic carbocycles. The van der Waals surface area contributed by atoms with E-state index in [4.69, 9.17) is 5.26 Å². The minimum Gasteiger partial charge on any atom is -0.452 e. The van der Waals surface area contributed by atoms with Gasteiger partial charge in [-0.25, -0.2) is 10.2 Å². The van der Waals surface area contributed by atoms with Gasteiger partial charge in [-0.05, 0) is 13.0 Å². The molecule has 1 N–H and O–H groups in total. The second-order valence-corrected chi connectivity index (χ2v) is 3.10. The van der Waals surface area contributed by atoms with Crippen molar-refractivity contribution in [2.24, 2.45) is 12.1 Å². The lowest BCUT2D eigenvalue weighted by atomic mass is 10.3. The predicted octanol–water partition coefficient (Wildman–Crippen LogP) is 0.895. The van der Waals surface area contributed by atoms with Crippen molar-refractivity contribution in [3.05, 3.63) is 23.0 Å². The van der Waals surface area contributed by atoms with Crippen molar-refractivity contribution in [1.82, 2.24) is 9.99 Å². The van der Waals surface area contributed by atoms with E-state index in [1.165, 1.54) is 13.3 Å². The molecule has 0 atom stereocenters. The molecule has 1 amide bonds. The lowest BCUT2D eigenvalue weighted by Crippen LogP contribution is -2.16. The first kappa shape index (κ1) is 11.8. The van der Waals surface area contributed by atoms with Crippen molar-refractivity contribution in [3.8, 4) is 6.07 Å². The molecule has 84 valence electrons. The second kappa shape index (κ2) is 4.98. The van der Waals surface area contributed by atoms with Crippen LogP contribution in [0.1, 0.15) is 17.0 Å². The molecular weight excluding hydrogens is 208 g/mol. The Balaban J connectivity index is 2.83. The van der Waals surface area contributed by atoms with E-state index in [0.717, 1.165) is 11.3 Å². The Bertz CT molecular complexity index is 468. The average molecular weight is 220 g/mol. The second-order valence-electron chi connectivity index (χ2n) is 3.10. The molecule has 1 aromatic rings. The van der Waals surface area contributed by atoms with Crippen LogP contribution in [0.25, 0.3) is 0 Å². The number of carbonyl (C=O) groups is 1. The summed E-state index contributed by atoms with van der Waals surface area (Å²) in [6.07, 6.45) is 0.831. The zero-order valence-electron chi connectivity index (χ0n) is 9.31. The van der Waals surface area contributed by atoms with Crippen molar-refractivity contribution < 1.29 is 9.53 Å². The summed E-state index contributed by atoms with van der Waals surface area (Å²) in [5.74, 6) is 0. The number of hydrogen-bond acceptors (Lipinski definition) is 4. The van der Waals surface area contributed by atoms with Crippen LogP contribution in [0.3, 0.4) is 0 Å². The van der Waals surface area contributed by atoms with E-state index in [1.807, 2.05) is 6.92 Å². The van der Waals surface area contributed by atoms with Gasteiger partial charge in [0.1, 0.15) is 11.8 Å². The van der Waals surface area contributed by atoms with Crippen LogP contribution in [0, 0.1) is 18.3 Å². The van der Waals surface area contributed by atoms with Gasteiger partial charge in [-0.1, -0.05) is 0 Å². The fourth-order valence-electron chi connectivity index (χ4n) is 1.16. The van der Waals surface area contributed by atoms with Gasteiger partial charge < -0.3 is 9.30 Å². The van der Waals surface area contributed by atoms with Gasteiger partial charge in [-0.3, -0.25) is 0 Å². The lowest BCUT2D eigenvalue weighted by Gasteiger charge is -1.97. The third kappa shape index (κ3) is 2.39. The molecule has 0 unspecified atom stereocenters. The number of nitriles is 1. The van der Waals surface area contributed by atoms with Gasteiger partial charge in [0, 0.05) is 18.3 Å². The van der Waals surface area contributed by atoms with Gasteiger partial charge in [0.2, 0.25) is 0 Å². The highest BCUT2D eigenvalue weighted by atomic mass is 16.5. The first-order chi connectivity index (χ1) is 7.60. The summed E-state index contributed by atoms with van der Waals surface area (Å²) in [6.45, 7) is 1.86. The maximum Gasteiger partial charge on any atom is 0.427 e. The van der Waals surface area contributed by atoms with E-state index >= 15 is 0 Å². The minimum atomic E-state index is -0.634. The van der Waals surface area contributed by atoms with Gasteiger partial charge in [-0.15, -0.1) is 0 Å². The third-order valence-electron chi connectivity index (χ3n) is 2.23. The Morgan fingerprint density at radius 2 is 2.44 bits per heavy atom. The number of carbonyl (C=O) groups excluding carboxylic acids is 1. The SMILES string of the molecule is COC(=O)N/N=C/c1cc(C#N)n(C)c1C. The predicted molar refractivity (Wildman–Crippen MR) is 58.0 cm³/mol. The molecule has 0 saturated heterocycles. The summed E-state index contributed by atoms with van der Waals surface area (Å²) >= 11 is 0. The van der Waals surface area contributed by atoms with Crippen LogP contribution in [-0.2, 0) is 11.8 Å². The maximum atomic E-state index is 10.7. The number of aromatic nitrogens is 1. The number of rotatable bonds is 2. The fraction of sp³-hybridized carbons (Fsp3) is 0.300. The molecule has 6 nitrogen and oxygen atoms in total. The standard InChI is InChI=1S/C10H12N4O2/c1-7-8(4-9(5-11)14(7)2)6-12-13-10(15)16-3/h4,6H,1-3H3,(H,13,15)/b12-6+. The average Bonchev–Trinajstić information content (AvgIpc) is 2.56. The summed E-state index contributed by atoms with van der Waals surface area (Å²) in [4.78, 5) is 10.7. The Labute approximate surface area is 93.1 Å². The summed E-state index contributed by atoms with van der Waals surface area (Å²) in [6, 6.07) is 3.75. The third-order valence-corrected chi connectivity index (χ3v) is 2.23. The van der Waals surface area contributed by atoms with Crippen LogP contribution in [0.2, 0.25) is 0 Å². The number of nitrogens with zero attached hydrogens (tertiary/aromatic N) is 3. The Morgan fingerprint density at radius 1 is 1.75 bits per heavy atom. The van der Waals surface area contributed by atoms with Crippen LogP contribution in [0.5, 0.6) is 0 Å². The molecule has 0 saturated carbocycles. The van der Waals surface area contributed by atoms with E-state index in [-0.39, 0.29) is 0 Å². The zero-order valence-corrected chi connectivity index (χ0v) is 9.31. The van der Waals surface area contributed by atoms with Gasteiger partial charge in [0.25, 0.3) is 0 Å². The number of amides is 1. The largest absolute Gasteiger partial charge is 0.452 e. The molecule has 0 aliphatic heterocycles. The highest BCUT2D eigenvalue weighted by Crippen LogP contribution is 2.10. The van der Waals surface area contributed by atoms with Crippen molar-refractivity contribution in [3.63, 3.8) is 0 Å². The minimum absolute atomic E-state index is 0.539. The van der Waals surface area contributed by atoms with Crippen LogP contribution < -0.4 is 5.43 Å². The van der Waals surface area contributed by atoms with Crippen molar-refractivity contribution in [2.45, 2.75) is 6.92 Å². The van der Waals surface area contributed by atoms with Gasteiger partial charge >= 0.3 is 6.09 Å². The smallest absolute Gasteiger partial charge is 0.427 e. The van der Waals surface area contributed by atoms with Gasteiger partial charge in [-0.2, -0.15) is 10.4 Å². The molecule has 1 heterocycles. The summed E-state index contributed by atoms with van der Waals surface area (Å²) in [7, 11) is 3.05. The molecule has 6 heteroatoms. The number of ether oxygens (including phenoxy) is 1. The van der Waals surface area contributed by atoms with Crippen LogP contribution >= 0.6 is 0 Å². The van der Waals surface area contributed by atoms with Gasteiger partial charge in [0.15, 0.2) is 0 Å². The molecular formula is C10H12N4O2. The molecule has 0 aromatic carbocycles. The lowest BCUT2D eigenvalue weighted by molar-refractivity contribution is 0.171. The Hall–Kier alpha value is -2.29. The monoisotopic (exact) mass is 220 g/mol.